The summed E-state index contributed by atoms with van der Waals surface area (Å²) in [4.78, 5) is 53.1. The van der Waals surface area contributed by atoms with Crippen LogP contribution in [0.1, 0.15) is 34.0 Å². The van der Waals surface area contributed by atoms with Crippen molar-refractivity contribution in [3.63, 3.8) is 0 Å². The van der Waals surface area contributed by atoms with Gasteiger partial charge in [-0.3, -0.25) is 24.1 Å². The fraction of sp³-hybridized carbons (Fsp3) is 0.267. The van der Waals surface area contributed by atoms with Crippen molar-refractivity contribution in [2.75, 3.05) is 14.1 Å². The average Bonchev–Trinajstić information content (AvgIpc) is 2.90. The number of amides is 1. The summed E-state index contributed by atoms with van der Waals surface area (Å²) < 4.78 is 0. The van der Waals surface area contributed by atoms with Crippen LogP contribution in [-0.4, -0.2) is 85.5 Å². The fourth-order valence-electron chi connectivity index (χ4n) is 6.34. The molecule has 0 radical (unpaired) electrons. The number of nitrogens with zero attached hydrogens (tertiary/aromatic N) is 1. The molecule has 5 atom stereocenters. The van der Waals surface area contributed by atoms with E-state index in [4.69, 9.17) is 5.73 Å². The lowest BCUT2D eigenvalue weighted by Crippen LogP contribution is -2.70. The number of phenols is 1. The molecule has 41 heavy (non-hydrogen) atoms. The maximum Gasteiger partial charge on any atom is 0.255 e. The Morgan fingerprint density at radius 3 is 2.32 bits per heavy atom. The Bertz CT molecular complexity index is 1650. The van der Waals surface area contributed by atoms with E-state index in [-0.39, 0.29) is 22.5 Å². The molecule has 3 aliphatic rings. The third kappa shape index (κ3) is 3.85. The summed E-state index contributed by atoms with van der Waals surface area (Å²) in [6, 6.07) is 9.36. The molecule has 0 spiro atoms. The fourth-order valence-corrected chi connectivity index (χ4v) is 6.34. The van der Waals surface area contributed by atoms with E-state index in [0.717, 1.165) is 0 Å². The molecule has 1 saturated carbocycles. The minimum atomic E-state index is -3.02. The van der Waals surface area contributed by atoms with Gasteiger partial charge >= 0.3 is 0 Å². The van der Waals surface area contributed by atoms with Crippen LogP contribution >= 0.6 is 0 Å². The SMILES string of the molecule is CC(=O)c1cccc(/C=C2\c3cccc(O)c3C(O)=C3C(=O)[C@]4(O)C(O)=C(C(N)=O)C(=O)[C@H](N(C)C)[C@H]4[C@@H](O)[C@H]32)c1. The Morgan fingerprint density at radius 2 is 1.71 bits per heavy atom. The number of rotatable bonds is 4. The number of carbonyl (C=O) groups is 4. The largest absolute Gasteiger partial charge is 0.508 e. The highest BCUT2D eigenvalue weighted by Gasteiger charge is 2.68. The smallest absolute Gasteiger partial charge is 0.255 e. The van der Waals surface area contributed by atoms with Crippen molar-refractivity contribution in [1.82, 2.24) is 4.90 Å². The van der Waals surface area contributed by atoms with Crippen molar-refractivity contribution in [2.24, 2.45) is 17.6 Å². The molecule has 1 amide bonds. The number of aromatic hydroxyl groups is 1. The maximum absolute atomic E-state index is 14.2. The van der Waals surface area contributed by atoms with Gasteiger partial charge in [-0.1, -0.05) is 36.4 Å². The van der Waals surface area contributed by atoms with E-state index in [2.05, 4.69) is 0 Å². The number of fused-ring (bicyclic) bond motifs is 3. The lowest BCUT2D eigenvalue weighted by atomic mass is 9.55. The monoisotopic (exact) mass is 560 g/mol. The molecule has 0 saturated heterocycles. The van der Waals surface area contributed by atoms with Gasteiger partial charge in [0.15, 0.2) is 17.2 Å². The molecule has 11 nitrogen and oxygen atoms in total. The summed E-state index contributed by atoms with van der Waals surface area (Å²) >= 11 is 0. The van der Waals surface area contributed by atoms with Gasteiger partial charge in [0, 0.05) is 11.5 Å². The summed E-state index contributed by atoms with van der Waals surface area (Å²) in [6.45, 7) is 1.39. The van der Waals surface area contributed by atoms with Crippen LogP contribution in [0.5, 0.6) is 5.75 Å². The van der Waals surface area contributed by atoms with Crippen LogP contribution in [0.25, 0.3) is 17.4 Å². The van der Waals surface area contributed by atoms with Crippen molar-refractivity contribution in [3.05, 3.63) is 81.6 Å². The second kappa shape index (κ2) is 9.51. The van der Waals surface area contributed by atoms with E-state index in [1.165, 1.54) is 38.1 Å². The molecule has 2 aromatic rings. The van der Waals surface area contributed by atoms with Crippen LogP contribution < -0.4 is 5.73 Å². The molecule has 2 aromatic carbocycles. The third-order valence-electron chi connectivity index (χ3n) is 8.15. The van der Waals surface area contributed by atoms with Crippen LogP contribution in [0, 0.1) is 11.8 Å². The number of nitrogens with two attached hydrogens (primary N) is 1. The van der Waals surface area contributed by atoms with E-state index in [9.17, 15) is 44.7 Å². The summed E-state index contributed by atoms with van der Waals surface area (Å²) in [5.41, 5.74) is 2.01. The van der Waals surface area contributed by atoms with E-state index in [1.807, 2.05) is 0 Å². The van der Waals surface area contributed by atoms with Crippen molar-refractivity contribution < 1.29 is 44.7 Å². The normalized spacial score (nSPS) is 28.5. The quantitative estimate of drug-likeness (QED) is 0.233. The molecule has 7 N–H and O–H groups in total. The first-order valence-electron chi connectivity index (χ1n) is 12.7. The number of Topliss-reactive ketones (excluding diaryl/α,β-unsaturated/α-hetero) is 3. The van der Waals surface area contributed by atoms with E-state index < -0.39 is 75.5 Å². The summed E-state index contributed by atoms with van der Waals surface area (Å²) in [5, 5.41) is 56.8. The van der Waals surface area contributed by atoms with Gasteiger partial charge in [0.25, 0.3) is 5.91 Å². The Kier molecular flexibility index (Phi) is 6.49. The van der Waals surface area contributed by atoms with Crippen molar-refractivity contribution in [2.45, 2.75) is 24.7 Å². The molecule has 0 unspecified atom stereocenters. The number of primary amides is 1. The molecule has 3 aliphatic carbocycles. The van der Waals surface area contributed by atoms with Gasteiger partial charge in [0.1, 0.15) is 22.8 Å². The van der Waals surface area contributed by atoms with Crippen LogP contribution in [0.4, 0.5) is 0 Å². The van der Waals surface area contributed by atoms with E-state index >= 15 is 0 Å². The zero-order chi connectivity index (χ0) is 30.1. The highest BCUT2D eigenvalue weighted by atomic mass is 16.4. The van der Waals surface area contributed by atoms with Gasteiger partial charge in [-0.05, 0) is 49.9 Å². The number of phenolic OH excluding ortho intramolecular Hbond substituents is 1. The van der Waals surface area contributed by atoms with Crippen LogP contribution in [0.2, 0.25) is 0 Å². The number of likely N-dealkylation sites (N-methyl/N-ethyl adjacent to an activating group) is 1. The zero-order valence-electron chi connectivity index (χ0n) is 22.3. The van der Waals surface area contributed by atoms with Gasteiger partial charge in [-0.15, -0.1) is 0 Å². The third-order valence-corrected chi connectivity index (χ3v) is 8.15. The molecular formula is C30H28N2O9. The van der Waals surface area contributed by atoms with Crippen molar-refractivity contribution in [1.29, 1.82) is 0 Å². The number of hydrogen-bond donors (Lipinski definition) is 6. The second-order valence-electron chi connectivity index (χ2n) is 10.7. The molecule has 1 fully saturated rings. The molecule has 0 heterocycles. The lowest BCUT2D eigenvalue weighted by molar-refractivity contribution is -0.166. The standard InChI is InChI=1S/C30H28N2O9/c1-12(33)14-7-4-6-13(10-14)11-16-15-8-5-9-17(34)18(15)24(35)20-19(16)25(36)22-23(32(2)3)26(37)21(29(31)40)28(39)30(22,41)27(20)38/h4-11,19,22-23,25,34-36,39,41H,1-3H3,(H2,31,40)/b16-11+/t19-,22-,23+,25-,30-/m0/s1. The number of ketones is 3. The molecule has 212 valence electrons. The van der Waals surface area contributed by atoms with Gasteiger partial charge < -0.3 is 31.3 Å². The molecule has 5 rings (SSSR count). The average molecular weight is 561 g/mol. The second-order valence-corrected chi connectivity index (χ2v) is 10.7. The first-order valence-corrected chi connectivity index (χ1v) is 12.7. The summed E-state index contributed by atoms with van der Waals surface area (Å²) in [5.74, 6) is -9.39. The van der Waals surface area contributed by atoms with E-state index in [0.29, 0.717) is 11.1 Å². The predicted octanol–water partition coefficient (Wildman–Crippen LogP) is 1.14. The molecule has 0 aliphatic heterocycles. The van der Waals surface area contributed by atoms with Crippen molar-refractivity contribution >= 4 is 40.7 Å². The van der Waals surface area contributed by atoms with E-state index in [1.54, 1.807) is 36.4 Å². The van der Waals surface area contributed by atoms with Crippen LogP contribution in [0.3, 0.4) is 0 Å². The topological polar surface area (TPSA) is 199 Å². The van der Waals surface area contributed by atoms with Gasteiger partial charge in [0.05, 0.1) is 29.2 Å². The Morgan fingerprint density at radius 1 is 1.05 bits per heavy atom. The summed E-state index contributed by atoms with van der Waals surface area (Å²) in [7, 11) is 2.87. The highest BCUT2D eigenvalue weighted by Crippen LogP contribution is 2.56. The number of carbonyl (C=O) groups excluding carboxylic acids is 4. The van der Waals surface area contributed by atoms with Gasteiger partial charge in [0.2, 0.25) is 5.78 Å². The van der Waals surface area contributed by atoms with Gasteiger partial charge in [-0.2, -0.15) is 0 Å². The Balaban J connectivity index is 1.85. The molecule has 11 heteroatoms. The zero-order valence-corrected chi connectivity index (χ0v) is 22.3. The number of benzene rings is 2. The number of aliphatic hydroxyl groups excluding tert-OH is 3. The molecular weight excluding hydrogens is 532 g/mol. The highest BCUT2D eigenvalue weighted by molar-refractivity contribution is 6.25. The first kappa shape index (κ1) is 28.0. The number of aliphatic hydroxyl groups is 4. The Hall–Kier alpha value is -4.58. The minimum absolute atomic E-state index is 0.162. The molecule has 0 aromatic heterocycles. The van der Waals surface area contributed by atoms with Crippen molar-refractivity contribution in [3.8, 4) is 5.75 Å². The predicted molar refractivity (Wildman–Crippen MR) is 146 cm³/mol. The Labute approximate surface area is 234 Å². The molecule has 0 bridgehead atoms. The summed E-state index contributed by atoms with van der Waals surface area (Å²) in [6.07, 6.45) is -0.219. The van der Waals surface area contributed by atoms with Crippen LogP contribution in [0.15, 0.2) is 59.4 Å². The number of hydrogen-bond acceptors (Lipinski definition) is 10. The maximum atomic E-state index is 14.2. The van der Waals surface area contributed by atoms with Gasteiger partial charge in [-0.25, -0.2) is 0 Å². The first-order chi connectivity index (χ1) is 19.2. The minimum Gasteiger partial charge on any atom is -0.508 e. The lowest BCUT2D eigenvalue weighted by Gasteiger charge is -2.53. The van der Waals surface area contributed by atoms with Crippen LogP contribution in [-0.2, 0) is 14.4 Å².